The molecule has 2 unspecified atom stereocenters. The lowest BCUT2D eigenvalue weighted by atomic mass is 10.0. The molecule has 17 heavy (non-hydrogen) atoms. The average molecular weight is 232 g/mol. The van der Waals surface area contributed by atoms with Gasteiger partial charge in [0.15, 0.2) is 0 Å². The van der Waals surface area contributed by atoms with Crippen LogP contribution >= 0.6 is 0 Å². The monoisotopic (exact) mass is 232 g/mol. The molecule has 0 amide bonds. The Morgan fingerprint density at radius 3 is 2.71 bits per heavy atom. The Bertz CT molecular complexity index is 317. The lowest BCUT2D eigenvalue weighted by Gasteiger charge is -2.34. The second-order valence-corrected chi connectivity index (χ2v) is 4.97. The highest BCUT2D eigenvalue weighted by atomic mass is 15.2. The highest BCUT2D eigenvalue weighted by Crippen LogP contribution is 2.24. The molecule has 1 aromatic carbocycles. The van der Waals surface area contributed by atoms with E-state index < -0.39 is 0 Å². The highest BCUT2D eigenvalue weighted by Gasteiger charge is 2.26. The second kappa shape index (κ2) is 6.18. The fourth-order valence-corrected chi connectivity index (χ4v) is 2.80. The van der Waals surface area contributed by atoms with Gasteiger partial charge in [-0.25, -0.2) is 0 Å². The maximum absolute atomic E-state index is 3.48. The number of hydrogen-bond donors (Lipinski definition) is 1. The molecule has 1 N–H and O–H groups in total. The summed E-state index contributed by atoms with van der Waals surface area (Å²) in [5.74, 6) is 0. The molecule has 1 aromatic rings. The van der Waals surface area contributed by atoms with Crippen molar-refractivity contribution in [3.8, 4) is 0 Å². The number of nitrogens with one attached hydrogen (secondary N) is 1. The van der Waals surface area contributed by atoms with Gasteiger partial charge < -0.3 is 5.32 Å². The van der Waals surface area contributed by atoms with Gasteiger partial charge in [0.1, 0.15) is 0 Å². The molecule has 1 aliphatic rings. The maximum Gasteiger partial charge on any atom is 0.0323 e. The van der Waals surface area contributed by atoms with Gasteiger partial charge in [0, 0.05) is 18.6 Å². The van der Waals surface area contributed by atoms with Crippen molar-refractivity contribution in [2.75, 3.05) is 19.6 Å². The Hall–Kier alpha value is -0.860. The minimum absolute atomic E-state index is 0.529. The maximum atomic E-state index is 3.48. The fourth-order valence-electron chi connectivity index (χ4n) is 2.80. The molecule has 94 valence electrons. The van der Waals surface area contributed by atoms with Crippen LogP contribution in [0.1, 0.15) is 38.3 Å². The second-order valence-electron chi connectivity index (χ2n) is 4.97. The lowest BCUT2D eigenvalue weighted by molar-refractivity contribution is 0.153. The molecule has 1 aliphatic heterocycles. The van der Waals surface area contributed by atoms with Crippen molar-refractivity contribution in [1.29, 1.82) is 0 Å². The van der Waals surface area contributed by atoms with Crippen molar-refractivity contribution in [2.24, 2.45) is 0 Å². The van der Waals surface area contributed by atoms with Crippen molar-refractivity contribution >= 4 is 0 Å². The molecule has 1 heterocycles. The minimum atomic E-state index is 0.529. The largest absolute Gasteiger partial charge is 0.315 e. The van der Waals surface area contributed by atoms with E-state index in [4.69, 9.17) is 0 Å². The Kier molecular flexibility index (Phi) is 4.57. The van der Waals surface area contributed by atoms with E-state index in [1.54, 1.807) is 0 Å². The summed E-state index contributed by atoms with van der Waals surface area (Å²) >= 11 is 0. The first-order valence-corrected chi connectivity index (χ1v) is 6.84. The summed E-state index contributed by atoms with van der Waals surface area (Å²) < 4.78 is 0. The van der Waals surface area contributed by atoms with Crippen LogP contribution in [0.15, 0.2) is 30.3 Å². The van der Waals surface area contributed by atoms with E-state index in [9.17, 15) is 0 Å². The van der Waals surface area contributed by atoms with Crippen LogP contribution in [-0.4, -0.2) is 30.6 Å². The smallest absolute Gasteiger partial charge is 0.0323 e. The van der Waals surface area contributed by atoms with Gasteiger partial charge in [0.25, 0.3) is 0 Å². The van der Waals surface area contributed by atoms with Gasteiger partial charge in [-0.05, 0) is 38.4 Å². The molecular formula is C15H24N2. The Morgan fingerprint density at radius 2 is 2.12 bits per heavy atom. The van der Waals surface area contributed by atoms with E-state index in [2.05, 4.69) is 54.4 Å². The zero-order chi connectivity index (χ0) is 12.1. The zero-order valence-corrected chi connectivity index (χ0v) is 11.0. The number of nitrogens with zero attached hydrogens (tertiary/aromatic N) is 1. The van der Waals surface area contributed by atoms with Gasteiger partial charge in [-0.2, -0.15) is 0 Å². The normalized spacial score (nSPS) is 21.9. The number of hydrogen-bond acceptors (Lipinski definition) is 2. The average Bonchev–Trinajstić information content (AvgIpc) is 2.90. The summed E-state index contributed by atoms with van der Waals surface area (Å²) in [6.07, 6.45) is 2.52. The zero-order valence-electron chi connectivity index (χ0n) is 11.0. The summed E-state index contributed by atoms with van der Waals surface area (Å²) in [7, 11) is 0. The highest BCUT2D eigenvalue weighted by molar-refractivity contribution is 5.18. The first-order chi connectivity index (χ1) is 8.33. The predicted octanol–water partition coefficient (Wildman–Crippen LogP) is 2.82. The van der Waals surface area contributed by atoms with Crippen molar-refractivity contribution < 1.29 is 0 Å². The third-order valence-electron chi connectivity index (χ3n) is 3.76. The van der Waals surface area contributed by atoms with Gasteiger partial charge >= 0.3 is 0 Å². The summed E-state index contributed by atoms with van der Waals surface area (Å²) in [6, 6.07) is 12.1. The molecule has 2 heteroatoms. The van der Waals surface area contributed by atoms with Crippen molar-refractivity contribution in [2.45, 2.75) is 38.8 Å². The van der Waals surface area contributed by atoms with Gasteiger partial charge in [-0.1, -0.05) is 37.3 Å². The summed E-state index contributed by atoms with van der Waals surface area (Å²) in [6.45, 7) is 8.13. The number of benzene rings is 1. The summed E-state index contributed by atoms with van der Waals surface area (Å²) in [4.78, 5) is 2.66. The van der Waals surface area contributed by atoms with Crippen LogP contribution in [0.3, 0.4) is 0 Å². The minimum Gasteiger partial charge on any atom is -0.315 e. The van der Waals surface area contributed by atoms with E-state index in [1.165, 1.54) is 31.5 Å². The topological polar surface area (TPSA) is 15.3 Å². The quantitative estimate of drug-likeness (QED) is 0.840. The van der Waals surface area contributed by atoms with E-state index in [0.29, 0.717) is 12.1 Å². The lowest BCUT2D eigenvalue weighted by Crippen LogP contribution is -2.39. The van der Waals surface area contributed by atoms with Crippen molar-refractivity contribution in [3.05, 3.63) is 35.9 Å². The van der Waals surface area contributed by atoms with Gasteiger partial charge in [-0.15, -0.1) is 0 Å². The molecule has 0 radical (unpaired) electrons. The van der Waals surface area contributed by atoms with E-state index in [1.807, 2.05) is 0 Å². The van der Waals surface area contributed by atoms with Gasteiger partial charge in [-0.3, -0.25) is 4.90 Å². The molecule has 1 saturated heterocycles. The van der Waals surface area contributed by atoms with Crippen molar-refractivity contribution in [3.63, 3.8) is 0 Å². The Labute approximate surface area is 105 Å². The van der Waals surface area contributed by atoms with Crippen LogP contribution in [-0.2, 0) is 0 Å². The molecule has 1 fully saturated rings. The Balaban J connectivity index is 2.09. The van der Waals surface area contributed by atoms with Crippen molar-refractivity contribution in [1.82, 2.24) is 10.2 Å². The van der Waals surface area contributed by atoms with Crippen LogP contribution in [0.4, 0.5) is 0 Å². The fraction of sp³-hybridized carbons (Fsp3) is 0.600. The van der Waals surface area contributed by atoms with Crippen LogP contribution in [0.25, 0.3) is 0 Å². The first kappa shape index (κ1) is 12.6. The van der Waals surface area contributed by atoms with E-state index in [-0.39, 0.29) is 0 Å². The summed E-state index contributed by atoms with van der Waals surface area (Å²) in [5.41, 5.74) is 1.44. The first-order valence-electron chi connectivity index (χ1n) is 6.84. The summed E-state index contributed by atoms with van der Waals surface area (Å²) in [5, 5.41) is 3.48. The molecule has 0 aliphatic carbocycles. The molecule has 2 rings (SSSR count). The van der Waals surface area contributed by atoms with Crippen LogP contribution in [0.5, 0.6) is 0 Å². The van der Waals surface area contributed by atoms with Gasteiger partial charge in [0.05, 0.1) is 0 Å². The molecule has 0 saturated carbocycles. The molecular weight excluding hydrogens is 208 g/mol. The molecule has 2 nitrogen and oxygen atoms in total. The van der Waals surface area contributed by atoms with Crippen LogP contribution in [0.2, 0.25) is 0 Å². The number of rotatable bonds is 5. The molecule has 0 spiro atoms. The Morgan fingerprint density at radius 1 is 1.35 bits per heavy atom. The van der Waals surface area contributed by atoms with Crippen LogP contribution in [0, 0.1) is 0 Å². The van der Waals surface area contributed by atoms with E-state index in [0.717, 1.165) is 6.54 Å². The van der Waals surface area contributed by atoms with E-state index >= 15 is 0 Å². The molecule has 0 bridgehead atoms. The third kappa shape index (κ3) is 3.08. The molecule has 0 aromatic heterocycles. The van der Waals surface area contributed by atoms with Gasteiger partial charge in [0.2, 0.25) is 0 Å². The molecule has 2 atom stereocenters. The standard InChI is InChI=1S/C15H24N2/c1-3-11-17(15-9-10-16-12-15)13(2)14-7-5-4-6-8-14/h4-8,13,15-16H,3,9-12H2,1-2H3. The third-order valence-corrected chi connectivity index (χ3v) is 3.76. The van der Waals surface area contributed by atoms with Crippen LogP contribution < -0.4 is 5.32 Å². The predicted molar refractivity (Wildman–Crippen MR) is 73.1 cm³/mol. The SMILES string of the molecule is CCCN(C1CCNC1)C(C)c1ccccc1.